The lowest BCUT2D eigenvalue weighted by molar-refractivity contribution is 0.218. The summed E-state index contributed by atoms with van der Waals surface area (Å²) in [5, 5.41) is 3.49. The van der Waals surface area contributed by atoms with Crippen LogP contribution in [0.5, 0.6) is 0 Å². The molecule has 0 spiro atoms. The van der Waals surface area contributed by atoms with E-state index in [4.69, 9.17) is 0 Å². The molecule has 2 nitrogen and oxygen atoms in total. The van der Waals surface area contributed by atoms with Gasteiger partial charge in [-0.25, -0.2) is 0 Å². The molecule has 0 saturated heterocycles. The Morgan fingerprint density at radius 1 is 1.07 bits per heavy atom. The molecular formula is C13H30N2. The van der Waals surface area contributed by atoms with Gasteiger partial charge < -0.3 is 10.2 Å². The minimum Gasteiger partial charge on any atom is -0.316 e. The lowest BCUT2D eigenvalue weighted by Gasteiger charge is -2.25. The van der Waals surface area contributed by atoms with Gasteiger partial charge in [0.2, 0.25) is 0 Å². The van der Waals surface area contributed by atoms with Gasteiger partial charge in [0.25, 0.3) is 0 Å². The van der Waals surface area contributed by atoms with Crippen LogP contribution in [0.25, 0.3) is 0 Å². The van der Waals surface area contributed by atoms with Gasteiger partial charge in [-0.05, 0) is 58.8 Å². The second-order valence-corrected chi connectivity index (χ2v) is 5.08. The van der Waals surface area contributed by atoms with E-state index in [1.807, 2.05) is 0 Å². The molecule has 0 radical (unpaired) electrons. The summed E-state index contributed by atoms with van der Waals surface area (Å²) in [5.74, 6) is 0.766. The second-order valence-electron chi connectivity index (χ2n) is 5.08. The first-order chi connectivity index (χ1) is 7.07. The number of hydrogen-bond donors (Lipinski definition) is 1. The van der Waals surface area contributed by atoms with Crippen LogP contribution in [-0.4, -0.2) is 37.1 Å². The Morgan fingerprint density at radius 3 is 2.20 bits per heavy atom. The quantitative estimate of drug-likeness (QED) is 0.594. The van der Waals surface area contributed by atoms with E-state index in [0.717, 1.165) is 19.0 Å². The second kappa shape index (κ2) is 9.17. The SMILES string of the molecule is CCCN(CCCNCC(C)C)C(C)C. The van der Waals surface area contributed by atoms with Crippen molar-refractivity contribution >= 4 is 0 Å². The van der Waals surface area contributed by atoms with Crippen molar-refractivity contribution in [2.45, 2.75) is 53.5 Å². The van der Waals surface area contributed by atoms with Crippen LogP contribution in [0.4, 0.5) is 0 Å². The van der Waals surface area contributed by atoms with Crippen molar-refractivity contribution in [1.82, 2.24) is 10.2 Å². The third-order valence-electron chi connectivity index (χ3n) is 2.59. The van der Waals surface area contributed by atoms with Crippen LogP contribution in [0.1, 0.15) is 47.5 Å². The highest BCUT2D eigenvalue weighted by Gasteiger charge is 2.06. The molecule has 0 heterocycles. The molecule has 2 heteroatoms. The fourth-order valence-electron chi connectivity index (χ4n) is 1.71. The average Bonchev–Trinajstić information content (AvgIpc) is 2.15. The van der Waals surface area contributed by atoms with Gasteiger partial charge in [-0.1, -0.05) is 20.8 Å². The first kappa shape index (κ1) is 14.9. The summed E-state index contributed by atoms with van der Waals surface area (Å²) in [6, 6.07) is 0.690. The molecule has 0 rings (SSSR count). The topological polar surface area (TPSA) is 15.3 Å². The van der Waals surface area contributed by atoms with Gasteiger partial charge in [0.05, 0.1) is 0 Å². The van der Waals surface area contributed by atoms with E-state index < -0.39 is 0 Å². The summed E-state index contributed by atoms with van der Waals surface area (Å²) in [6.07, 6.45) is 2.53. The van der Waals surface area contributed by atoms with Gasteiger partial charge in [-0.15, -0.1) is 0 Å². The van der Waals surface area contributed by atoms with E-state index in [0.29, 0.717) is 6.04 Å². The maximum atomic E-state index is 3.49. The standard InChI is InChI=1S/C13H30N2/c1-6-9-15(13(4)5)10-7-8-14-11-12(2)3/h12-14H,6-11H2,1-5H3. The summed E-state index contributed by atoms with van der Waals surface area (Å²) in [6.45, 7) is 16.1. The van der Waals surface area contributed by atoms with Gasteiger partial charge in [0, 0.05) is 6.04 Å². The van der Waals surface area contributed by atoms with Crippen molar-refractivity contribution in [2.24, 2.45) is 5.92 Å². The largest absolute Gasteiger partial charge is 0.316 e. The summed E-state index contributed by atoms with van der Waals surface area (Å²) in [5.41, 5.74) is 0. The number of nitrogens with zero attached hydrogens (tertiary/aromatic N) is 1. The van der Waals surface area contributed by atoms with Gasteiger partial charge in [-0.2, -0.15) is 0 Å². The van der Waals surface area contributed by atoms with Gasteiger partial charge >= 0.3 is 0 Å². The highest BCUT2D eigenvalue weighted by atomic mass is 15.1. The van der Waals surface area contributed by atoms with Crippen LogP contribution in [-0.2, 0) is 0 Å². The highest BCUT2D eigenvalue weighted by molar-refractivity contribution is 4.63. The maximum absolute atomic E-state index is 3.49. The van der Waals surface area contributed by atoms with Crippen molar-refractivity contribution in [3.8, 4) is 0 Å². The van der Waals surface area contributed by atoms with E-state index in [2.05, 4.69) is 44.8 Å². The summed E-state index contributed by atoms with van der Waals surface area (Å²) in [7, 11) is 0. The normalized spacial score (nSPS) is 12.0. The molecule has 0 aliphatic carbocycles. The van der Waals surface area contributed by atoms with Crippen molar-refractivity contribution in [3.63, 3.8) is 0 Å². The Bertz CT molecular complexity index is 132. The van der Waals surface area contributed by atoms with E-state index in [9.17, 15) is 0 Å². The van der Waals surface area contributed by atoms with Crippen LogP contribution >= 0.6 is 0 Å². The van der Waals surface area contributed by atoms with Crippen LogP contribution in [0.3, 0.4) is 0 Å². The minimum atomic E-state index is 0.690. The lowest BCUT2D eigenvalue weighted by Crippen LogP contribution is -2.34. The molecule has 0 atom stereocenters. The van der Waals surface area contributed by atoms with Crippen LogP contribution in [0.2, 0.25) is 0 Å². The molecule has 0 unspecified atom stereocenters. The average molecular weight is 214 g/mol. The molecule has 0 saturated carbocycles. The van der Waals surface area contributed by atoms with Crippen molar-refractivity contribution in [1.29, 1.82) is 0 Å². The van der Waals surface area contributed by atoms with Crippen molar-refractivity contribution in [3.05, 3.63) is 0 Å². The Morgan fingerprint density at radius 2 is 1.73 bits per heavy atom. The van der Waals surface area contributed by atoms with Crippen molar-refractivity contribution in [2.75, 3.05) is 26.2 Å². The van der Waals surface area contributed by atoms with Gasteiger partial charge in [0.1, 0.15) is 0 Å². The van der Waals surface area contributed by atoms with Gasteiger partial charge in [0.15, 0.2) is 0 Å². The fraction of sp³-hybridized carbons (Fsp3) is 1.00. The monoisotopic (exact) mass is 214 g/mol. The summed E-state index contributed by atoms with van der Waals surface area (Å²) in [4.78, 5) is 2.57. The Labute approximate surface area is 96.4 Å². The summed E-state index contributed by atoms with van der Waals surface area (Å²) >= 11 is 0. The Hall–Kier alpha value is -0.0800. The van der Waals surface area contributed by atoms with Crippen LogP contribution < -0.4 is 5.32 Å². The summed E-state index contributed by atoms with van der Waals surface area (Å²) < 4.78 is 0. The molecule has 0 aromatic heterocycles. The maximum Gasteiger partial charge on any atom is 0.00385 e. The van der Waals surface area contributed by atoms with Crippen molar-refractivity contribution < 1.29 is 0 Å². The molecule has 0 aliphatic rings. The van der Waals surface area contributed by atoms with E-state index in [1.165, 1.54) is 25.9 Å². The van der Waals surface area contributed by atoms with Crippen LogP contribution in [0.15, 0.2) is 0 Å². The molecule has 0 aliphatic heterocycles. The van der Waals surface area contributed by atoms with Gasteiger partial charge in [-0.3, -0.25) is 0 Å². The molecule has 0 fully saturated rings. The third-order valence-corrected chi connectivity index (χ3v) is 2.59. The van der Waals surface area contributed by atoms with E-state index in [-0.39, 0.29) is 0 Å². The predicted octanol–water partition coefficient (Wildman–Crippen LogP) is 2.74. The molecule has 92 valence electrons. The third kappa shape index (κ3) is 8.88. The fourth-order valence-corrected chi connectivity index (χ4v) is 1.71. The lowest BCUT2D eigenvalue weighted by atomic mass is 10.2. The zero-order valence-electron chi connectivity index (χ0n) is 11.3. The van der Waals surface area contributed by atoms with E-state index in [1.54, 1.807) is 0 Å². The smallest absolute Gasteiger partial charge is 0.00385 e. The molecule has 1 N–H and O–H groups in total. The zero-order chi connectivity index (χ0) is 11.7. The van der Waals surface area contributed by atoms with Crippen LogP contribution in [0, 0.1) is 5.92 Å². The first-order valence-corrected chi connectivity index (χ1v) is 6.52. The minimum absolute atomic E-state index is 0.690. The highest BCUT2D eigenvalue weighted by Crippen LogP contribution is 2.00. The first-order valence-electron chi connectivity index (χ1n) is 6.52. The number of nitrogens with one attached hydrogen (secondary N) is 1. The predicted molar refractivity (Wildman–Crippen MR) is 69.3 cm³/mol. The molecule has 0 amide bonds. The molecule has 0 aromatic carbocycles. The van der Waals surface area contributed by atoms with E-state index >= 15 is 0 Å². The molecule has 0 bridgehead atoms. The number of hydrogen-bond acceptors (Lipinski definition) is 2. The number of rotatable bonds is 9. The Balaban J connectivity index is 3.45. The Kier molecular flexibility index (Phi) is 9.12. The molecular weight excluding hydrogens is 184 g/mol. The zero-order valence-corrected chi connectivity index (χ0v) is 11.3. The molecule has 0 aromatic rings. The molecule has 15 heavy (non-hydrogen) atoms.